The van der Waals surface area contributed by atoms with Crippen LogP contribution < -0.4 is 0 Å². The third kappa shape index (κ3) is 2.81. The van der Waals surface area contributed by atoms with Crippen molar-refractivity contribution in [3.05, 3.63) is 65.0 Å². The fraction of sp³-hybridized carbons (Fsp3) is 0.294. The minimum Gasteiger partial charge on any atom is -0.478 e. The topological polar surface area (TPSA) is 53.4 Å². The van der Waals surface area contributed by atoms with Crippen LogP contribution in [0.25, 0.3) is 0 Å². The summed E-state index contributed by atoms with van der Waals surface area (Å²) < 4.78 is 0. The molecule has 3 rings (SSSR count). The van der Waals surface area contributed by atoms with E-state index in [1.54, 1.807) is 12.1 Å². The molecule has 1 aliphatic heterocycles. The van der Waals surface area contributed by atoms with Gasteiger partial charge in [0.25, 0.3) is 0 Å². The van der Waals surface area contributed by atoms with Gasteiger partial charge in [-0.1, -0.05) is 24.3 Å². The molecule has 108 valence electrons. The summed E-state index contributed by atoms with van der Waals surface area (Å²) in [7, 11) is 0. The van der Waals surface area contributed by atoms with Crippen molar-refractivity contribution in [2.24, 2.45) is 0 Å². The average molecular weight is 282 g/mol. The first-order valence-corrected chi connectivity index (χ1v) is 7.15. The minimum absolute atomic E-state index is 0.232. The number of carboxylic acids is 1. The van der Waals surface area contributed by atoms with Crippen LogP contribution in [-0.4, -0.2) is 27.5 Å². The van der Waals surface area contributed by atoms with Crippen molar-refractivity contribution in [3.63, 3.8) is 0 Å². The van der Waals surface area contributed by atoms with Gasteiger partial charge in [-0.25, -0.2) is 4.79 Å². The van der Waals surface area contributed by atoms with Crippen LogP contribution in [-0.2, 0) is 13.0 Å². The van der Waals surface area contributed by atoms with E-state index in [1.807, 2.05) is 0 Å². The van der Waals surface area contributed by atoms with Crippen molar-refractivity contribution in [3.8, 4) is 0 Å². The maximum Gasteiger partial charge on any atom is 0.337 e. The lowest BCUT2D eigenvalue weighted by atomic mass is 9.93. The number of nitrogens with zero attached hydrogens (tertiary/aromatic N) is 2. The van der Waals surface area contributed by atoms with Gasteiger partial charge in [0.15, 0.2) is 0 Å². The maximum absolute atomic E-state index is 10.8. The Kier molecular flexibility index (Phi) is 3.71. The molecule has 4 heteroatoms. The van der Waals surface area contributed by atoms with Crippen molar-refractivity contribution < 1.29 is 9.90 Å². The molecule has 0 saturated carbocycles. The number of rotatable bonds is 3. The number of aromatic nitrogens is 1. The largest absolute Gasteiger partial charge is 0.478 e. The van der Waals surface area contributed by atoms with Gasteiger partial charge in [0.2, 0.25) is 0 Å². The maximum atomic E-state index is 10.8. The van der Waals surface area contributed by atoms with E-state index in [-0.39, 0.29) is 5.56 Å². The van der Waals surface area contributed by atoms with Gasteiger partial charge in [-0.15, -0.1) is 0 Å². The number of pyridine rings is 1. The van der Waals surface area contributed by atoms with Crippen LogP contribution in [0, 0.1) is 0 Å². The van der Waals surface area contributed by atoms with Crippen molar-refractivity contribution in [1.82, 2.24) is 9.88 Å². The first-order valence-electron chi connectivity index (χ1n) is 7.15. The Labute approximate surface area is 124 Å². The highest BCUT2D eigenvalue weighted by Gasteiger charge is 2.23. The van der Waals surface area contributed by atoms with Gasteiger partial charge < -0.3 is 5.11 Å². The molecule has 0 bridgehead atoms. The Morgan fingerprint density at radius 3 is 2.86 bits per heavy atom. The summed E-state index contributed by atoms with van der Waals surface area (Å²) in [5.41, 5.74) is 3.95. The predicted molar refractivity (Wildman–Crippen MR) is 80.2 cm³/mol. The van der Waals surface area contributed by atoms with Crippen LogP contribution in [0.15, 0.2) is 42.6 Å². The van der Waals surface area contributed by atoms with Gasteiger partial charge in [-0.05, 0) is 36.6 Å². The summed E-state index contributed by atoms with van der Waals surface area (Å²) in [6.07, 6.45) is 2.48. The van der Waals surface area contributed by atoms with Crippen molar-refractivity contribution in [2.45, 2.75) is 25.9 Å². The van der Waals surface area contributed by atoms with Crippen molar-refractivity contribution in [2.75, 3.05) is 6.54 Å². The fourth-order valence-electron chi connectivity index (χ4n) is 2.89. The second-order valence-electron chi connectivity index (χ2n) is 5.44. The molecular weight excluding hydrogens is 264 g/mol. The van der Waals surface area contributed by atoms with Crippen LogP contribution in [0.4, 0.5) is 0 Å². The molecule has 2 heterocycles. The number of fused-ring (bicyclic) bond motifs is 1. The van der Waals surface area contributed by atoms with Gasteiger partial charge in [-0.3, -0.25) is 9.88 Å². The van der Waals surface area contributed by atoms with Crippen molar-refractivity contribution >= 4 is 5.97 Å². The molecule has 2 aromatic rings. The molecule has 1 aliphatic rings. The standard InChI is InChI=1S/C17H18N2O2/c1-12-16-5-3-2-4-13(16)8-9-19(12)11-15-7-6-14(10-18-15)17(20)21/h2-7,10,12H,8-9,11H2,1H3,(H,20,21). The number of hydrogen-bond acceptors (Lipinski definition) is 3. The van der Waals surface area contributed by atoms with Crippen LogP contribution in [0.1, 0.15) is 40.1 Å². The molecule has 4 nitrogen and oxygen atoms in total. The molecule has 0 saturated heterocycles. The van der Waals surface area contributed by atoms with Crippen molar-refractivity contribution in [1.29, 1.82) is 0 Å². The summed E-state index contributed by atoms with van der Waals surface area (Å²) in [4.78, 5) is 17.5. The van der Waals surface area contributed by atoms with E-state index in [9.17, 15) is 4.79 Å². The lowest BCUT2D eigenvalue weighted by Crippen LogP contribution is -2.33. The molecule has 1 N–H and O–H groups in total. The Morgan fingerprint density at radius 1 is 1.33 bits per heavy atom. The zero-order valence-electron chi connectivity index (χ0n) is 12.0. The van der Waals surface area contributed by atoms with Gasteiger partial charge in [0, 0.05) is 25.3 Å². The van der Waals surface area contributed by atoms with Gasteiger partial charge in [0.1, 0.15) is 0 Å². The highest BCUT2D eigenvalue weighted by molar-refractivity contribution is 5.87. The van der Waals surface area contributed by atoms with E-state index < -0.39 is 5.97 Å². The Balaban J connectivity index is 1.75. The lowest BCUT2D eigenvalue weighted by Gasteiger charge is -2.35. The first kappa shape index (κ1) is 13.8. The van der Waals surface area contributed by atoms with Crippen LogP contribution in [0.5, 0.6) is 0 Å². The molecule has 21 heavy (non-hydrogen) atoms. The summed E-state index contributed by atoms with van der Waals surface area (Å²) in [6.45, 7) is 3.96. The van der Waals surface area contributed by atoms with Gasteiger partial charge in [0.05, 0.1) is 11.3 Å². The van der Waals surface area contributed by atoms with Crippen LogP contribution >= 0.6 is 0 Å². The highest BCUT2D eigenvalue weighted by atomic mass is 16.4. The number of carbonyl (C=O) groups is 1. The Morgan fingerprint density at radius 2 is 2.14 bits per heavy atom. The number of benzene rings is 1. The zero-order valence-corrected chi connectivity index (χ0v) is 12.0. The second kappa shape index (κ2) is 5.66. The summed E-state index contributed by atoms with van der Waals surface area (Å²) in [6, 6.07) is 12.3. The number of aromatic carboxylic acids is 1. The summed E-state index contributed by atoms with van der Waals surface area (Å²) in [5, 5.41) is 8.90. The molecule has 1 aromatic carbocycles. The number of hydrogen-bond donors (Lipinski definition) is 1. The quantitative estimate of drug-likeness (QED) is 0.940. The van der Waals surface area contributed by atoms with E-state index in [0.717, 1.165) is 25.2 Å². The zero-order chi connectivity index (χ0) is 14.8. The van der Waals surface area contributed by atoms with E-state index in [0.29, 0.717) is 6.04 Å². The summed E-state index contributed by atoms with van der Waals surface area (Å²) >= 11 is 0. The molecule has 0 amide bonds. The van der Waals surface area contributed by atoms with E-state index >= 15 is 0 Å². The molecular formula is C17H18N2O2. The van der Waals surface area contributed by atoms with E-state index in [4.69, 9.17) is 5.11 Å². The summed E-state index contributed by atoms with van der Waals surface area (Å²) in [5.74, 6) is -0.936. The van der Waals surface area contributed by atoms with Gasteiger partial charge in [-0.2, -0.15) is 0 Å². The second-order valence-corrected chi connectivity index (χ2v) is 5.44. The molecule has 1 atom stereocenters. The normalized spacial score (nSPS) is 18.2. The lowest BCUT2D eigenvalue weighted by molar-refractivity contribution is 0.0696. The Hall–Kier alpha value is -2.20. The highest BCUT2D eigenvalue weighted by Crippen LogP contribution is 2.29. The molecule has 0 spiro atoms. The van der Waals surface area contributed by atoms with E-state index in [1.165, 1.54) is 17.3 Å². The van der Waals surface area contributed by atoms with E-state index in [2.05, 4.69) is 41.1 Å². The first-order chi connectivity index (χ1) is 10.1. The SMILES string of the molecule is CC1c2ccccc2CCN1Cc1ccc(C(=O)O)cn1. The smallest absolute Gasteiger partial charge is 0.337 e. The fourth-order valence-corrected chi connectivity index (χ4v) is 2.89. The monoisotopic (exact) mass is 282 g/mol. The molecule has 1 unspecified atom stereocenters. The Bertz CT molecular complexity index is 652. The molecule has 1 aromatic heterocycles. The predicted octanol–water partition coefficient (Wildman–Crippen LogP) is 2.90. The molecule has 0 fully saturated rings. The average Bonchev–Trinajstić information content (AvgIpc) is 2.51. The van der Waals surface area contributed by atoms with Crippen LogP contribution in [0.3, 0.4) is 0 Å². The molecule has 0 aliphatic carbocycles. The molecule has 0 radical (unpaired) electrons. The van der Waals surface area contributed by atoms with Gasteiger partial charge >= 0.3 is 5.97 Å². The minimum atomic E-state index is -0.936. The van der Waals surface area contributed by atoms with Crippen LogP contribution in [0.2, 0.25) is 0 Å². The third-order valence-corrected chi connectivity index (χ3v) is 4.16. The third-order valence-electron chi connectivity index (χ3n) is 4.16. The number of carboxylic acid groups (broad SMARTS) is 1.